The Labute approximate surface area is 92.0 Å². The van der Waals surface area contributed by atoms with Gasteiger partial charge in [0.1, 0.15) is 0 Å². The molecule has 2 unspecified atom stereocenters. The standard InChI is InChI=1S/C12H21NO2/c1-5-7-9(3)10(4)11(13)8-12(14)15-6-2/h5,7,9-10,13H,6,8H2,1-4H3. The minimum absolute atomic E-state index is 0.0885. The van der Waals surface area contributed by atoms with Crippen molar-refractivity contribution in [2.45, 2.75) is 34.1 Å². The summed E-state index contributed by atoms with van der Waals surface area (Å²) in [5.41, 5.74) is 0.444. The van der Waals surface area contributed by atoms with E-state index in [1.807, 2.05) is 32.9 Å². The van der Waals surface area contributed by atoms with Crippen molar-refractivity contribution in [2.24, 2.45) is 11.8 Å². The van der Waals surface area contributed by atoms with E-state index >= 15 is 0 Å². The third kappa shape index (κ3) is 5.35. The van der Waals surface area contributed by atoms with Crippen LogP contribution >= 0.6 is 0 Å². The van der Waals surface area contributed by atoms with E-state index in [1.54, 1.807) is 6.92 Å². The third-order valence-corrected chi connectivity index (χ3v) is 2.47. The molecule has 3 heteroatoms. The number of allylic oxidation sites excluding steroid dienone is 2. The van der Waals surface area contributed by atoms with Crippen molar-refractivity contribution in [1.82, 2.24) is 0 Å². The molecule has 0 aromatic carbocycles. The maximum absolute atomic E-state index is 11.2. The molecule has 0 bridgehead atoms. The Morgan fingerprint density at radius 2 is 2.07 bits per heavy atom. The predicted octanol–water partition coefficient (Wildman–Crippen LogP) is 2.81. The van der Waals surface area contributed by atoms with E-state index < -0.39 is 0 Å². The van der Waals surface area contributed by atoms with Crippen molar-refractivity contribution in [3.8, 4) is 0 Å². The molecule has 0 amide bonds. The van der Waals surface area contributed by atoms with Crippen LogP contribution in [0.5, 0.6) is 0 Å². The molecular formula is C12H21NO2. The molecule has 0 fully saturated rings. The lowest BCUT2D eigenvalue weighted by Crippen LogP contribution is -2.21. The van der Waals surface area contributed by atoms with E-state index in [4.69, 9.17) is 10.1 Å². The van der Waals surface area contributed by atoms with Crippen LogP contribution in [0.4, 0.5) is 0 Å². The quantitative estimate of drug-likeness (QED) is 0.417. The fourth-order valence-corrected chi connectivity index (χ4v) is 1.32. The van der Waals surface area contributed by atoms with Gasteiger partial charge in [0.15, 0.2) is 0 Å². The zero-order valence-electron chi connectivity index (χ0n) is 10.0. The first kappa shape index (κ1) is 13.9. The molecule has 0 radical (unpaired) electrons. The van der Waals surface area contributed by atoms with Crippen LogP contribution in [0, 0.1) is 17.2 Å². The zero-order valence-corrected chi connectivity index (χ0v) is 10.0. The molecule has 86 valence electrons. The minimum Gasteiger partial charge on any atom is -0.466 e. The monoisotopic (exact) mass is 211 g/mol. The van der Waals surface area contributed by atoms with Gasteiger partial charge in [-0.1, -0.05) is 26.0 Å². The summed E-state index contributed by atoms with van der Waals surface area (Å²) in [6.45, 7) is 8.12. The van der Waals surface area contributed by atoms with Crippen LogP contribution in [0.15, 0.2) is 12.2 Å². The van der Waals surface area contributed by atoms with Crippen LogP contribution < -0.4 is 0 Å². The molecule has 0 saturated carbocycles. The average molecular weight is 211 g/mol. The molecule has 1 N–H and O–H groups in total. The number of esters is 1. The van der Waals surface area contributed by atoms with Gasteiger partial charge in [-0.3, -0.25) is 4.79 Å². The summed E-state index contributed by atoms with van der Waals surface area (Å²) in [6, 6.07) is 0. The normalized spacial score (nSPS) is 14.9. The molecule has 0 aromatic heterocycles. The van der Waals surface area contributed by atoms with Crippen molar-refractivity contribution < 1.29 is 9.53 Å². The average Bonchev–Trinajstić information content (AvgIpc) is 2.17. The van der Waals surface area contributed by atoms with E-state index in [0.717, 1.165) is 0 Å². The fraction of sp³-hybridized carbons (Fsp3) is 0.667. The highest BCUT2D eigenvalue weighted by Gasteiger charge is 2.17. The van der Waals surface area contributed by atoms with Crippen molar-refractivity contribution in [3.63, 3.8) is 0 Å². The van der Waals surface area contributed by atoms with Crippen molar-refractivity contribution in [1.29, 1.82) is 5.41 Å². The summed E-state index contributed by atoms with van der Waals surface area (Å²) in [6.07, 6.45) is 4.13. The minimum atomic E-state index is -0.304. The Bertz CT molecular complexity index is 246. The molecule has 0 aliphatic heterocycles. The Hall–Kier alpha value is -1.12. The largest absolute Gasteiger partial charge is 0.466 e. The van der Waals surface area contributed by atoms with Crippen molar-refractivity contribution in [3.05, 3.63) is 12.2 Å². The van der Waals surface area contributed by atoms with Gasteiger partial charge in [-0.25, -0.2) is 0 Å². The number of rotatable bonds is 6. The molecule has 0 rings (SSSR count). The highest BCUT2D eigenvalue weighted by atomic mass is 16.5. The van der Waals surface area contributed by atoms with Gasteiger partial charge >= 0.3 is 5.97 Å². The second-order valence-corrected chi connectivity index (χ2v) is 3.68. The van der Waals surface area contributed by atoms with Gasteiger partial charge in [-0.05, 0) is 19.8 Å². The molecule has 0 spiro atoms. The number of hydrogen-bond donors (Lipinski definition) is 1. The molecule has 2 atom stereocenters. The summed E-state index contributed by atoms with van der Waals surface area (Å²) >= 11 is 0. The van der Waals surface area contributed by atoms with Gasteiger partial charge in [-0.15, -0.1) is 0 Å². The number of ether oxygens (including phenoxy) is 1. The predicted molar refractivity (Wildman–Crippen MR) is 62.1 cm³/mol. The summed E-state index contributed by atoms with van der Waals surface area (Å²) in [4.78, 5) is 11.2. The molecular weight excluding hydrogens is 190 g/mol. The van der Waals surface area contributed by atoms with Gasteiger partial charge in [0.05, 0.1) is 13.0 Å². The van der Waals surface area contributed by atoms with Gasteiger partial charge in [0.25, 0.3) is 0 Å². The van der Waals surface area contributed by atoms with Gasteiger partial charge in [-0.2, -0.15) is 0 Å². The lowest BCUT2D eigenvalue weighted by atomic mass is 9.89. The molecule has 0 saturated heterocycles. The number of hydrogen-bond acceptors (Lipinski definition) is 3. The van der Waals surface area contributed by atoms with Crippen LogP contribution in [-0.4, -0.2) is 18.3 Å². The lowest BCUT2D eigenvalue weighted by molar-refractivity contribution is -0.141. The summed E-state index contributed by atoms with van der Waals surface area (Å²) < 4.78 is 4.80. The molecule has 3 nitrogen and oxygen atoms in total. The fourth-order valence-electron chi connectivity index (χ4n) is 1.32. The topological polar surface area (TPSA) is 50.2 Å². The Balaban J connectivity index is 4.15. The SMILES string of the molecule is CC=CC(C)C(C)C(=N)CC(=O)OCC. The van der Waals surface area contributed by atoms with Crippen LogP contribution in [0.1, 0.15) is 34.1 Å². The first-order valence-electron chi connectivity index (χ1n) is 5.38. The van der Waals surface area contributed by atoms with Gasteiger partial charge in [0.2, 0.25) is 0 Å². The molecule has 0 heterocycles. The first-order valence-corrected chi connectivity index (χ1v) is 5.38. The summed E-state index contributed by atoms with van der Waals surface area (Å²) in [5.74, 6) is 0.0737. The van der Waals surface area contributed by atoms with Crippen molar-refractivity contribution in [2.75, 3.05) is 6.61 Å². The van der Waals surface area contributed by atoms with Crippen molar-refractivity contribution >= 4 is 11.7 Å². The zero-order chi connectivity index (χ0) is 11.8. The smallest absolute Gasteiger partial charge is 0.311 e. The Morgan fingerprint density at radius 1 is 1.47 bits per heavy atom. The van der Waals surface area contributed by atoms with E-state index in [2.05, 4.69) is 0 Å². The van der Waals surface area contributed by atoms with Crippen LogP contribution in [-0.2, 0) is 9.53 Å². The summed E-state index contributed by atoms with van der Waals surface area (Å²) in [7, 11) is 0. The third-order valence-electron chi connectivity index (χ3n) is 2.47. The van der Waals surface area contributed by atoms with E-state index in [1.165, 1.54) is 0 Å². The second kappa shape index (κ2) is 7.21. The second-order valence-electron chi connectivity index (χ2n) is 3.68. The molecule has 0 aliphatic rings. The number of nitrogens with one attached hydrogen (secondary N) is 1. The van der Waals surface area contributed by atoms with E-state index in [-0.39, 0.29) is 24.2 Å². The first-order chi connectivity index (χ1) is 7.02. The lowest BCUT2D eigenvalue weighted by Gasteiger charge is -2.17. The van der Waals surface area contributed by atoms with E-state index in [9.17, 15) is 4.79 Å². The number of carbonyl (C=O) groups excluding carboxylic acids is 1. The Kier molecular flexibility index (Phi) is 6.67. The molecule has 15 heavy (non-hydrogen) atoms. The van der Waals surface area contributed by atoms with E-state index in [0.29, 0.717) is 12.3 Å². The highest BCUT2D eigenvalue weighted by Crippen LogP contribution is 2.15. The summed E-state index contributed by atoms with van der Waals surface area (Å²) in [5, 5.41) is 7.78. The van der Waals surface area contributed by atoms with Crippen LogP contribution in [0.3, 0.4) is 0 Å². The maximum Gasteiger partial charge on any atom is 0.311 e. The molecule has 0 aliphatic carbocycles. The Morgan fingerprint density at radius 3 is 2.53 bits per heavy atom. The highest BCUT2D eigenvalue weighted by molar-refractivity contribution is 5.98. The maximum atomic E-state index is 11.2. The van der Waals surface area contributed by atoms with Crippen LogP contribution in [0.25, 0.3) is 0 Å². The number of carbonyl (C=O) groups is 1. The van der Waals surface area contributed by atoms with Crippen LogP contribution in [0.2, 0.25) is 0 Å². The van der Waals surface area contributed by atoms with Gasteiger partial charge < -0.3 is 10.1 Å². The van der Waals surface area contributed by atoms with Gasteiger partial charge in [0, 0.05) is 11.6 Å². The molecule has 0 aromatic rings.